The molecule has 8 nitrogen and oxygen atoms in total. The minimum Gasteiger partial charge on any atom is -0.600 e. The van der Waals surface area contributed by atoms with Gasteiger partial charge in [0.15, 0.2) is 0 Å². The highest BCUT2D eigenvalue weighted by Gasteiger charge is 2.59. The molecule has 0 amide bonds. The van der Waals surface area contributed by atoms with Crippen molar-refractivity contribution in [3.05, 3.63) is 46.2 Å². The Morgan fingerprint density at radius 2 is 1.92 bits per heavy atom. The van der Waals surface area contributed by atoms with E-state index in [-0.39, 0.29) is 0 Å². The third-order valence-corrected chi connectivity index (χ3v) is 4.97. The SMILES string of the molecule is COC(=O)C1=Cc2ccccc2[C@H]([C@@H](C)[NH+]([O-])O)[C@@](Cl)(C(=O)OC)C1=O. The quantitative estimate of drug-likeness (QED) is 0.251. The predicted molar refractivity (Wildman–Crippen MR) is 90.4 cm³/mol. The van der Waals surface area contributed by atoms with E-state index in [1.165, 1.54) is 13.0 Å². The van der Waals surface area contributed by atoms with E-state index in [9.17, 15) is 24.8 Å². The number of benzene rings is 1. The standard InChI is InChI=1S/C17H18ClNO7/c1-9(19(23)24)13-11-7-5-4-6-10(11)8-12(15(21)25-2)14(20)17(13,18)16(22)26-3/h4-9,13,19,23H,1-3H3/t9-,13+,17+/m1/s1. The van der Waals surface area contributed by atoms with E-state index >= 15 is 0 Å². The second-order valence-electron chi connectivity index (χ2n) is 5.82. The Morgan fingerprint density at radius 3 is 2.46 bits per heavy atom. The lowest BCUT2D eigenvalue weighted by molar-refractivity contribution is -1.07. The van der Waals surface area contributed by atoms with E-state index in [1.807, 2.05) is 0 Å². The fraction of sp³-hybridized carbons (Fsp3) is 0.353. The molecule has 0 aromatic heterocycles. The average molecular weight is 384 g/mol. The first kappa shape index (κ1) is 20.1. The maximum atomic E-state index is 13.1. The highest BCUT2D eigenvalue weighted by Crippen LogP contribution is 2.44. The lowest BCUT2D eigenvalue weighted by atomic mass is 9.77. The van der Waals surface area contributed by atoms with Crippen LogP contribution in [0.3, 0.4) is 0 Å². The van der Waals surface area contributed by atoms with E-state index in [4.69, 9.17) is 16.3 Å². The van der Waals surface area contributed by atoms with E-state index in [0.717, 1.165) is 14.2 Å². The van der Waals surface area contributed by atoms with Crippen molar-refractivity contribution in [1.29, 1.82) is 0 Å². The summed E-state index contributed by atoms with van der Waals surface area (Å²) in [6.07, 6.45) is 1.25. The molecule has 0 fully saturated rings. The second-order valence-corrected chi connectivity index (χ2v) is 6.41. The number of rotatable bonds is 4. The van der Waals surface area contributed by atoms with Crippen molar-refractivity contribution in [2.75, 3.05) is 14.2 Å². The van der Waals surface area contributed by atoms with Gasteiger partial charge >= 0.3 is 11.9 Å². The molecule has 0 aliphatic heterocycles. The summed E-state index contributed by atoms with van der Waals surface area (Å²) in [4.78, 5) is 35.3. The molecule has 2 N–H and O–H groups in total. The number of hydroxylamine groups is 2. The predicted octanol–water partition coefficient (Wildman–Crippen LogP) is 0.220. The number of nitrogens with one attached hydrogen (secondary N) is 1. The van der Waals surface area contributed by atoms with Gasteiger partial charge in [0.05, 0.1) is 20.1 Å². The zero-order valence-electron chi connectivity index (χ0n) is 14.3. The molecule has 2 rings (SSSR count). The van der Waals surface area contributed by atoms with Crippen LogP contribution in [0.2, 0.25) is 0 Å². The van der Waals surface area contributed by atoms with Crippen molar-refractivity contribution in [2.45, 2.75) is 23.8 Å². The van der Waals surface area contributed by atoms with Crippen LogP contribution in [0.4, 0.5) is 0 Å². The van der Waals surface area contributed by atoms with Crippen LogP contribution >= 0.6 is 11.6 Å². The number of methoxy groups -OCH3 is 2. The van der Waals surface area contributed by atoms with Crippen LogP contribution in [0.15, 0.2) is 29.8 Å². The van der Waals surface area contributed by atoms with E-state index in [1.54, 1.807) is 24.3 Å². The number of carbonyl (C=O) groups is 3. The van der Waals surface area contributed by atoms with Gasteiger partial charge in [-0.1, -0.05) is 35.9 Å². The van der Waals surface area contributed by atoms with Crippen molar-refractivity contribution in [1.82, 2.24) is 0 Å². The van der Waals surface area contributed by atoms with Crippen LogP contribution in [-0.4, -0.2) is 48.1 Å². The third kappa shape index (κ3) is 3.12. The number of halogens is 1. The molecule has 1 unspecified atom stereocenters. The van der Waals surface area contributed by atoms with Crippen LogP contribution in [0.1, 0.15) is 24.0 Å². The Labute approximate surface area is 154 Å². The number of hydrogen-bond acceptors (Lipinski definition) is 7. The van der Waals surface area contributed by atoms with Gasteiger partial charge in [0.1, 0.15) is 11.6 Å². The Hall–Kier alpha value is -2.26. The third-order valence-electron chi connectivity index (χ3n) is 4.41. The highest BCUT2D eigenvalue weighted by atomic mass is 35.5. The lowest BCUT2D eigenvalue weighted by Crippen LogP contribution is -3.09. The first-order valence-corrected chi connectivity index (χ1v) is 8.01. The Balaban J connectivity index is 2.86. The summed E-state index contributed by atoms with van der Waals surface area (Å²) in [6, 6.07) is 5.20. The van der Waals surface area contributed by atoms with Crippen molar-refractivity contribution in [3.8, 4) is 0 Å². The summed E-state index contributed by atoms with van der Waals surface area (Å²) in [7, 11) is 2.11. The van der Waals surface area contributed by atoms with Gasteiger partial charge in [-0.05, 0) is 24.1 Å². The maximum Gasteiger partial charge on any atom is 0.341 e. The van der Waals surface area contributed by atoms with Crippen molar-refractivity contribution in [3.63, 3.8) is 0 Å². The summed E-state index contributed by atoms with van der Waals surface area (Å²) in [5.74, 6) is -4.46. The molecule has 0 radical (unpaired) electrons. The number of esters is 2. The van der Waals surface area contributed by atoms with Gasteiger partial charge in [-0.2, -0.15) is 0 Å². The van der Waals surface area contributed by atoms with Gasteiger partial charge < -0.3 is 14.7 Å². The summed E-state index contributed by atoms with van der Waals surface area (Å²) in [5.41, 5.74) is 0.279. The van der Waals surface area contributed by atoms with Crippen molar-refractivity contribution in [2.24, 2.45) is 0 Å². The zero-order chi connectivity index (χ0) is 19.6. The summed E-state index contributed by atoms with van der Waals surface area (Å²) in [5, 5.41) is 19.9. The van der Waals surface area contributed by atoms with Gasteiger partial charge in [-0.25, -0.2) is 20.0 Å². The molecular weight excluding hydrogens is 366 g/mol. The average Bonchev–Trinajstić information content (AvgIpc) is 2.73. The number of hydrogen-bond donors (Lipinski definition) is 2. The normalized spacial score (nSPS) is 24.6. The first-order chi connectivity index (χ1) is 12.2. The van der Waals surface area contributed by atoms with Gasteiger partial charge in [0.25, 0.3) is 0 Å². The Morgan fingerprint density at radius 1 is 1.31 bits per heavy atom. The van der Waals surface area contributed by atoms with Crippen LogP contribution in [0.5, 0.6) is 0 Å². The maximum absolute atomic E-state index is 13.1. The molecule has 140 valence electrons. The minimum absolute atomic E-state index is 0.343. The number of alkyl halides is 1. The van der Waals surface area contributed by atoms with E-state index < -0.39 is 45.4 Å². The molecule has 26 heavy (non-hydrogen) atoms. The largest absolute Gasteiger partial charge is 0.600 e. The van der Waals surface area contributed by atoms with Crippen LogP contribution < -0.4 is 5.23 Å². The number of ketones is 1. The first-order valence-electron chi connectivity index (χ1n) is 7.64. The van der Waals surface area contributed by atoms with Gasteiger partial charge in [0, 0.05) is 0 Å². The van der Waals surface area contributed by atoms with Crippen molar-refractivity contribution >= 4 is 35.4 Å². The van der Waals surface area contributed by atoms with E-state index in [2.05, 4.69) is 4.74 Å². The number of ether oxygens (including phenoxy) is 2. The monoisotopic (exact) mass is 383 g/mol. The molecule has 0 saturated carbocycles. The van der Waals surface area contributed by atoms with Crippen LogP contribution in [-0.2, 0) is 23.9 Å². The van der Waals surface area contributed by atoms with Crippen LogP contribution in [0.25, 0.3) is 6.08 Å². The fourth-order valence-corrected chi connectivity index (χ4v) is 3.57. The zero-order valence-corrected chi connectivity index (χ0v) is 15.1. The molecule has 0 saturated heterocycles. The molecule has 1 aromatic carbocycles. The topological polar surface area (TPSA) is 117 Å². The summed E-state index contributed by atoms with van der Waals surface area (Å²) >= 11 is 6.47. The molecular formula is C17H18ClNO7. The van der Waals surface area contributed by atoms with Gasteiger partial charge in [-0.15, -0.1) is 0 Å². The molecule has 1 aliphatic rings. The van der Waals surface area contributed by atoms with Crippen molar-refractivity contribution < 1.29 is 34.3 Å². The minimum atomic E-state index is -2.43. The fourth-order valence-electron chi connectivity index (χ4n) is 3.08. The number of quaternary nitrogens is 1. The highest BCUT2D eigenvalue weighted by molar-refractivity contribution is 6.51. The lowest BCUT2D eigenvalue weighted by Gasteiger charge is -2.36. The molecule has 0 spiro atoms. The Kier molecular flexibility index (Phi) is 5.82. The molecule has 1 aromatic rings. The van der Waals surface area contributed by atoms with Gasteiger partial charge in [0.2, 0.25) is 10.7 Å². The summed E-state index contributed by atoms with van der Waals surface area (Å²) in [6.45, 7) is 1.33. The summed E-state index contributed by atoms with van der Waals surface area (Å²) < 4.78 is 9.32. The second kappa shape index (κ2) is 7.55. The molecule has 0 bridgehead atoms. The van der Waals surface area contributed by atoms with Crippen LogP contribution in [0, 0.1) is 5.21 Å². The Bertz CT molecular complexity index is 776. The molecule has 0 heterocycles. The number of fused-ring (bicyclic) bond motifs is 1. The molecule has 1 aliphatic carbocycles. The smallest absolute Gasteiger partial charge is 0.341 e. The molecule has 4 atom stereocenters. The number of Topliss-reactive ketones (excluding diaryl/α,β-unsaturated/α-hetero) is 1. The van der Waals surface area contributed by atoms with E-state index in [0.29, 0.717) is 11.1 Å². The number of carbonyl (C=O) groups excluding carboxylic acids is 3. The molecule has 9 heteroatoms. The van der Waals surface area contributed by atoms with Gasteiger partial charge in [-0.3, -0.25) is 4.79 Å².